The van der Waals surface area contributed by atoms with E-state index in [9.17, 15) is 9.59 Å². The lowest BCUT2D eigenvalue weighted by Gasteiger charge is -2.18. The molecule has 3 aromatic rings. The minimum atomic E-state index is -0.292. The predicted molar refractivity (Wildman–Crippen MR) is 109 cm³/mol. The molecule has 1 saturated heterocycles. The van der Waals surface area contributed by atoms with Gasteiger partial charge in [-0.3, -0.25) is 14.5 Å². The number of anilines is 1. The van der Waals surface area contributed by atoms with Gasteiger partial charge in [-0.25, -0.2) is 4.98 Å². The number of benzene rings is 1. The van der Waals surface area contributed by atoms with Gasteiger partial charge in [0.25, 0.3) is 5.91 Å². The number of nitrogens with one attached hydrogen (secondary N) is 2. The number of furan rings is 1. The van der Waals surface area contributed by atoms with E-state index in [1.807, 2.05) is 25.4 Å². The first-order valence-corrected chi connectivity index (χ1v) is 10.1. The number of likely N-dealkylation sites (tertiary alicyclic amines) is 1. The number of amides is 2. The van der Waals surface area contributed by atoms with Crippen molar-refractivity contribution in [2.24, 2.45) is 0 Å². The van der Waals surface area contributed by atoms with Gasteiger partial charge in [0.15, 0.2) is 5.76 Å². The molecule has 1 aliphatic rings. The summed E-state index contributed by atoms with van der Waals surface area (Å²) in [6, 6.07) is 6.99. The Morgan fingerprint density at radius 1 is 1.36 bits per heavy atom. The van der Waals surface area contributed by atoms with E-state index in [1.54, 1.807) is 29.5 Å². The Balaban J connectivity index is 1.43. The molecule has 2 N–H and O–H groups in total. The monoisotopic (exact) mass is 398 g/mol. The molecule has 146 valence electrons. The second-order valence-corrected chi connectivity index (χ2v) is 8.09. The third-order valence-electron chi connectivity index (χ3n) is 4.93. The summed E-state index contributed by atoms with van der Waals surface area (Å²) in [5.74, 6) is -0.0552. The van der Waals surface area contributed by atoms with Crippen LogP contribution in [0.2, 0.25) is 0 Å². The summed E-state index contributed by atoms with van der Waals surface area (Å²) in [4.78, 5) is 31.2. The van der Waals surface area contributed by atoms with Gasteiger partial charge in [0.05, 0.1) is 23.3 Å². The summed E-state index contributed by atoms with van der Waals surface area (Å²) in [5, 5.41) is 9.43. The SMILES string of the molecule is Cc1nc(CNC(=O)c2cc3cc(NC(=O)[C@@H]4CCCN4C)ccc3o2)cs1. The molecule has 8 heteroatoms. The summed E-state index contributed by atoms with van der Waals surface area (Å²) in [7, 11) is 1.97. The van der Waals surface area contributed by atoms with E-state index in [-0.39, 0.29) is 23.6 Å². The lowest BCUT2D eigenvalue weighted by Crippen LogP contribution is -2.37. The van der Waals surface area contributed by atoms with Crippen molar-refractivity contribution in [2.75, 3.05) is 18.9 Å². The lowest BCUT2D eigenvalue weighted by molar-refractivity contribution is -0.119. The second kappa shape index (κ2) is 7.73. The van der Waals surface area contributed by atoms with E-state index < -0.39 is 0 Å². The zero-order chi connectivity index (χ0) is 19.7. The highest BCUT2D eigenvalue weighted by Crippen LogP contribution is 2.24. The molecule has 2 aromatic heterocycles. The smallest absolute Gasteiger partial charge is 0.287 e. The Morgan fingerprint density at radius 3 is 2.93 bits per heavy atom. The van der Waals surface area contributed by atoms with Crippen LogP contribution in [-0.2, 0) is 11.3 Å². The van der Waals surface area contributed by atoms with Crippen LogP contribution >= 0.6 is 11.3 Å². The van der Waals surface area contributed by atoms with Crippen molar-refractivity contribution in [3.8, 4) is 0 Å². The van der Waals surface area contributed by atoms with E-state index >= 15 is 0 Å². The summed E-state index contributed by atoms with van der Waals surface area (Å²) in [6.45, 7) is 3.23. The largest absolute Gasteiger partial charge is 0.451 e. The van der Waals surface area contributed by atoms with Crippen LogP contribution in [0.15, 0.2) is 34.1 Å². The fourth-order valence-corrected chi connectivity index (χ4v) is 4.06. The van der Waals surface area contributed by atoms with Gasteiger partial charge in [-0.05, 0) is 57.6 Å². The van der Waals surface area contributed by atoms with Crippen molar-refractivity contribution < 1.29 is 14.0 Å². The van der Waals surface area contributed by atoms with Crippen molar-refractivity contribution in [3.63, 3.8) is 0 Å². The van der Waals surface area contributed by atoms with E-state index in [1.165, 1.54) is 0 Å². The fourth-order valence-electron chi connectivity index (χ4n) is 3.45. The van der Waals surface area contributed by atoms with Gasteiger partial charge in [-0.15, -0.1) is 11.3 Å². The van der Waals surface area contributed by atoms with Crippen LogP contribution in [0.3, 0.4) is 0 Å². The topological polar surface area (TPSA) is 87.5 Å². The molecule has 0 spiro atoms. The van der Waals surface area contributed by atoms with Gasteiger partial charge in [0.2, 0.25) is 5.91 Å². The number of hydrogen-bond donors (Lipinski definition) is 2. The standard InChI is InChI=1S/C20H22N4O3S/c1-12-22-15(11-28-12)10-21-20(26)18-9-13-8-14(5-6-17(13)27-18)23-19(25)16-4-3-7-24(16)2/h5-6,8-9,11,16H,3-4,7,10H2,1-2H3,(H,21,26)(H,23,25)/t16-/m0/s1. The summed E-state index contributed by atoms with van der Waals surface area (Å²) < 4.78 is 5.65. The highest BCUT2D eigenvalue weighted by atomic mass is 32.1. The summed E-state index contributed by atoms with van der Waals surface area (Å²) in [5.41, 5.74) is 2.13. The molecular weight excluding hydrogens is 376 g/mol. The zero-order valence-electron chi connectivity index (χ0n) is 15.8. The van der Waals surface area contributed by atoms with Gasteiger partial charge in [-0.1, -0.05) is 0 Å². The van der Waals surface area contributed by atoms with Gasteiger partial charge in [0.1, 0.15) is 5.58 Å². The molecule has 0 radical (unpaired) electrons. The average molecular weight is 398 g/mol. The second-order valence-electron chi connectivity index (χ2n) is 7.03. The first-order valence-electron chi connectivity index (χ1n) is 9.23. The highest BCUT2D eigenvalue weighted by Gasteiger charge is 2.27. The first-order chi connectivity index (χ1) is 13.5. The highest BCUT2D eigenvalue weighted by molar-refractivity contribution is 7.09. The number of fused-ring (bicyclic) bond motifs is 1. The number of aryl methyl sites for hydroxylation is 1. The number of carbonyl (C=O) groups is 2. The number of hydrogen-bond acceptors (Lipinski definition) is 6. The Bertz CT molecular complexity index is 1030. The number of likely N-dealkylation sites (N-methyl/N-ethyl adjacent to an activating group) is 1. The van der Waals surface area contributed by atoms with Crippen molar-refractivity contribution in [3.05, 3.63) is 46.1 Å². The molecule has 1 atom stereocenters. The molecule has 7 nitrogen and oxygen atoms in total. The molecule has 2 amide bonds. The molecular formula is C20H22N4O3S. The van der Waals surface area contributed by atoms with E-state index in [0.29, 0.717) is 17.8 Å². The maximum atomic E-state index is 12.5. The number of aromatic nitrogens is 1. The van der Waals surface area contributed by atoms with Gasteiger partial charge < -0.3 is 15.1 Å². The third-order valence-corrected chi connectivity index (χ3v) is 5.75. The van der Waals surface area contributed by atoms with Crippen LogP contribution in [0.5, 0.6) is 0 Å². The van der Waals surface area contributed by atoms with E-state index in [0.717, 1.165) is 35.5 Å². The van der Waals surface area contributed by atoms with Crippen molar-refractivity contribution in [1.29, 1.82) is 0 Å². The third kappa shape index (κ3) is 3.93. The summed E-state index contributed by atoms with van der Waals surface area (Å²) >= 11 is 1.55. The lowest BCUT2D eigenvalue weighted by atomic mass is 10.2. The predicted octanol–water partition coefficient (Wildman–Crippen LogP) is 3.16. The fraction of sp³-hybridized carbons (Fsp3) is 0.350. The normalized spacial score (nSPS) is 17.1. The van der Waals surface area contributed by atoms with Crippen LogP contribution < -0.4 is 10.6 Å². The van der Waals surface area contributed by atoms with Crippen molar-refractivity contribution >= 4 is 39.8 Å². The quantitative estimate of drug-likeness (QED) is 0.689. The molecule has 0 saturated carbocycles. The Morgan fingerprint density at radius 2 is 2.21 bits per heavy atom. The van der Waals surface area contributed by atoms with Crippen LogP contribution in [0.25, 0.3) is 11.0 Å². The first kappa shape index (κ1) is 18.6. The number of carbonyl (C=O) groups excluding carboxylic acids is 2. The van der Waals surface area contributed by atoms with Crippen LogP contribution in [0.1, 0.15) is 34.1 Å². The summed E-state index contributed by atoms with van der Waals surface area (Å²) in [6.07, 6.45) is 1.91. The number of nitrogens with zero attached hydrogens (tertiary/aromatic N) is 2. The molecule has 1 fully saturated rings. The molecule has 0 aliphatic carbocycles. The van der Waals surface area contributed by atoms with Crippen LogP contribution in [0, 0.1) is 6.92 Å². The maximum Gasteiger partial charge on any atom is 0.287 e. The molecule has 4 rings (SSSR count). The Kier molecular flexibility index (Phi) is 5.15. The van der Waals surface area contributed by atoms with Crippen molar-refractivity contribution in [1.82, 2.24) is 15.2 Å². The van der Waals surface area contributed by atoms with Gasteiger partial charge in [0, 0.05) is 16.5 Å². The van der Waals surface area contributed by atoms with E-state index in [4.69, 9.17) is 4.42 Å². The maximum absolute atomic E-state index is 12.5. The molecule has 28 heavy (non-hydrogen) atoms. The molecule has 1 aromatic carbocycles. The minimum Gasteiger partial charge on any atom is -0.451 e. The number of thiazole rings is 1. The van der Waals surface area contributed by atoms with Gasteiger partial charge in [-0.2, -0.15) is 0 Å². The Hall–Kier alpha value is -2.71. The van der Waals surface area contributed by atoms with Crippen molar-refractivity contribution in [2.45, 2.75) is 32.4 Å². The zero-order valence-corrected chi connectivity index (χ0v) is 16.6. The average Bonchev–Trinajstić information content (AvgIpc) is 3.38. The molecule has 0 unspecified atom stereocenters. The minimum absolute atomic E-state index is 0.000585. The van der Waals surface area contributed by atoms with E-state index in [2.05, 4.69) is 20.5 Å². The van der Waals surface area contributed by atoms with Gasteiger partial charge >= 0.3 is 0 Å². The molecule has 1 aliphatic heterocycles. The molecule has 3 heterocycles. The van der Waals surface area contributed by atoms with Crippen LogP contribution in [-0.4, -0.2) is 41.3 Å². The molecule has 0 bridgehead atoms. The van der Waals surface area contributed by atoms with Crippen LogP contribution in [0.4, 0.5) is 5.69 Å². The number of rotatable bonds is 5. The Labute approximate surface area is 166 Å².